The average molecular weight is 803 g/mol. The Balaban J connectivity index is 0.000000194. The number of hydrogen-bond donors (Lipinski definition) is 4. The standard InChI is InChI=1S/2C17H18Cl2N2O3S/c1-11-14(5-4-6-15(11)21-7-2-3-8-21)20-25(23,24)16-10-12(18)9-13(19)17(16)22;1-11-4-5-13(21-6-2-3-7-21)10-15(11)20-25(23,24)16-9-12(18)8-14(19)17(16)22/h4-6,9-10,20,22H,2-3,7-8H2,1H3;4-5,8-10,20,22H,2-3,6-7H2,1H3. The number of benzene rings is 4. The summed E-state index contributed by atoms with van der Waals surface area (Å²) in [6, 6.07) is 16.1. The fourth-order valence-electron chi connectivity index (χ4n) is 5.82. The minimum absolute atomic E-state index is 0.115. The molecule has 50 heavy (non-hydrogen) atoms. The highest BCUT2D eigenvalue weighted by atomic mass is 35.5. The SMILES string of the molecule is Cc1c(NS(=O)(=O)c2cc(Cl)cc(Cl)c2O)cccc1N1CCCC1.Cc1ccc(N2CCCC2)cc1NS(=O)(=O)c1cc(Cl)cc(Cl)c1O. The number of nitrogens with zero attached hydrogens (tertiary/aromatic N) is 2. The van der Waals surface area contributed by atoms with Crippen molar-refractivity contribution < 1.29 is 27.0 Å². The van der Waals surface area contributed by atoms with Crippen molar-refractivity contribution >= 4 is 89.2 Å². The van der Waals surface area contributed by atoms with Gasteiger partial charge in [0.15, 0.2) is 11.5 Å². The smallest absolute Gasteiger partial charge is 0.265 e. The maximum Gasteiger partial charge on any atom is 0.265 e. The van der Waals surface area contributed by atoms with Gasteiger partial charge in [0.2, 0.25) is 0 Å². The third-order valence-corrected chi connectivity index (χ3v) is 12.3. The van der Waals surface area contributed by atoms with Gasteiger partial charge < -0.3 is 20.0 Å². The molecule has 2 heterocycles. The summed E-state index contributed by atoms with van der Waals surface area (Å²) in [6.07, 6.45) is 4.52. The monoisotopic (exact) mass is 800 g/mol. The van der Waals surface area contributed by atoms with Crippen LogP contribution >= 0.6 is 46.4 Å². The van der Waals surface area contributed by atoms with Gasteiger partial charge in [0.25, 0.3) is 20.0 Å². The van der Waals surface area contributed by atoms with Crippen LogP contribution in [0.2, 0.25) is 20.1 Å². The van der Waals surface area contributed by atoms with E-state index in [4.69, 9.17) is 46.4 Å². The molecule has 4 aromatic carbocycles. The zero-order valence-electron chi connectivity index (χ0n) is 27.2. The van der Waals surface area contributed by atoms with Crippen molar-refractivity contribution in [3.8, 4) is 11.5 Å². The van der Waals surface area contributed by atoms with E-state index in [1.54, 1.807) is 12.1 Å². The molecular weight excluding hydrogens is 766 g/mol. The number of anilines is 4. The second-order valence-electron chi connectivity index (χ2n) is 12.0. The van der Waals surface area contributed by atoms with Gasteiger partial charge >= 0.3 is 0 Å². The van der Waals surface area contributed by atoms with Crippen LogP contribution in [0.25, 0.3) is 0 Å². The number of sulfonamides is 2. The summed E-state index contributed by atoms with van der Waals surface area (Å²) in [7, 11) is -8.08. The fourth-order valence-corrected chi connectivity index (χ4v) is 9.58. The zero-order valence-corrected chi connectivity index (χ0v) is 31.8. The Kier molecular flexibility index (Phi) is 11.8. The van der Waals surface area contributed by atoms with E-state index in [0.29, 0.717) is 11.4 Å². The molecule has 2 fully saturated rings. The van der Waals surface area contributed by atoms with E-state index < -0.39 is 31.5 Å². The molecular formula is C34H36Cl4N4O6S2. The molecule has 0 radical (unpaired) electrons. The van der Waals surface area contributed by atoms with Crippen molar-refractivity contribution in [2.45, 2.75) is 49.3 Å². The lowest BCUT2D eigenvalue weighted by Gasteiger charge is -2.22. The molecule has 0 aromatic heterocycles. The Labute approximate surface area is 312 Å². The van der Waals surface area contributed by atoms with Crippen LogP contribution < -0.4 is 19.2 Å². The summed E-state index contributed by atoms with van der Waals surface area (Å²) in [5.41, 5.74) is 4.50. The minimum atomic E-state index is -4.04. The summed E-state index contributed by atoms with van der Waals surface area (Å²) >= 11 is 23.4. The lowest BCUT2D eigenvalue weighted by molar-refractivity contribution is 0.458. The first kappa shape index (κ1) is 38.0. The molecule has 268 valence electrons. The van der Waals surface area contributed by atoms with Crippen molar-refractivity contribution in [2.75, 3.05) is 45.4 Å². The molecule has 2 saturated heterocycles. The lowest BCUT2D eigenvalue weighted by atomic mass is 10.1. The molecule has 0 saturated carbocycles. The second-order valence-corrected chi connectivity index (χ2v) is 17.0. The van der Waals surface area contributed by atoms with Crippen LogP contribution in [-0.4, -0.2) is 53.2 Å². The fraction of sp³-hybridized carbons (Fsp3) is 0.294. The third-order valence-electron chi connectivity index (χ3n) is 8.50. The van der Waals surface area contributed by atoms with E-state index in [0.717, 1.165) is 74.4 Å². The summed E-state index contributed by atoms with van der Waals surface area (Å²) in [4.78, 5) is 3.75. The first-order valence-electron chi connectivity index (χ1n) is 15.7. The number of aryl methyl sites for hydroxylation is 1. The van der Waals surface area contributed by atoms with Crippen LogP contribution in [0.3, 0.4) is 0 Å². The van der Waals surface area contributed by atoms with Crippen LogP contribution in [0.4, 0.5) is 22.7 Å². The maximum atomic E-state index is 12.7. The van der Waals surface area contributed by atoms with Gasteiger partial charge in [-0.2, -0.15) is 0 Å². The molecule has 4 N–H and O–H groups in total. The van der Waals surface area contributed by atoms with Gasteiger partial charge in [0.1, 0.15) is 9.79 Å². The van der Waals surface area contributed by atoms with Crippen LogP contribution in [-0.2, 0) is 20.0 Å². The Morgan fingerprint density at radius 3 is 1.62 bits per heavy atom. The lowest BCUT2D eigenvalue weighted by Crippen LogP contribution is -2.20. The number of halogens is 4. The van der Waals surface area contributed by atoms with Crippen molar-refractivity contribution in [2.24, 2.45) is 0 Å². The molecule has 0 atom stereocenters. The van der Waals surface area contributed by atoms with Gasteiger partial charge in [-0.25, -0.2) is 16.8 Å². The predicted octanol–water partition coefficient (Wildman–Crippen LogP) is 8.82. The van der Waals surface area contributed by atoms with Crippen molar-refractivity contribution in [1.29, 1.82) is 0 Å². The van der Waals surface area contributed by atoms with Gasteiger partial charge in [0.05, 0.1) is 21.4 Å². The number of phenolic OH excluding ortho intramolecular Hbond substituents is 2. The van der Waals surface area contributed by atoms with E-state index in [2.05, 4.69) is 19.2 Å². The normalized spacial score (nSPS) is 14.8. The molecule has 2 aliphatic rings. The van der Waals surface area contributed by atoms with E-state index in [1.807, 2.05) is 38.1 Å². The topological polar surface area (TPSA) is 139 Å². The molecule has 10 nitrogen and oxygen atoms in total. The Morgan fingerprint density at radius 1 is 0.620 bits per heavy atom. The number of hydrogen-bond acceptors (Lipinski definition) is 8. The van der Waals surface area contributed by atoms with E-state index >= 15 is 0 Å². The number of phenols is 2. The van der Waals surface area contributed by atoms with E-state index in [9.17, 15) is 27.0 Å². The Morgan fingerprint density at radius 2 is 1.10 bits per heavy atom. The minimum Gasteiger partial charge on any atom is -0.505 e. The maximum absolute atomic E-state index is 12.7. The number of nitrogens with one attached hydrogen (secondary N) is 2. The van der Waals surface area contributed by atoms with Gasteiger partial charge in [0, 0.05) is 47.6 Å². The zero-order chi connectivity index (χ0) is 36.4. The van der Waals surface area contributed by atoms with Crippen molar-refractivity contribution in [3.05, 3.63) is 91.9 Å². The van der Waals surface area contributed by atoms with Crippen molar-refractivity contribution in [3.63, 3.8) is 0 Å². The van der Waals surface area contributed by atoms with Gasteiger partial charge in [-0.1, -0.05) is 58.5 Å². The quantitative estimate of drug-likeness (QED) is 0.139. The van der Waals surface area contributed by atoms with Gasteiger partial charge in [-0.3, -0.25) is 9.44 Å². The Hall–Kier alpha value is -3.26. The Bertz CT molecular complexity index is 2040. The largest absolute Gasteiger partial charge is 0.505 e. The molecule has 0 amide bonds. The molecule has 0 aliphatic carbocycles. The first-order chi connectivity index (χ1) is 23.6. The van der Waals surface area contributed by atoms with Crippen LogP contribution in [0.15, 0.2) is 70.5 Å². The van der Waals surface area contributed by atoms with Crippen LogP contribution in [0.1, 0.15) is 36.8 Å². The van der Waals surface area contributed by atoms with Gasteiger partial charge in [-0.15, -0.1) is 0 Å². The second kappa shape index (κ2) is 15.5. The first-order valence-corrected chi connectivity index (χ1v) is 20.2. The molecule has 0 spiro atoms. The van der Waals surface area contributed by atoms with Crippen molar-refractivity contribution in [1.82, 2.24) is 0 Å². The molecule has 4 aromatic rings. The van der Waals surface area contributed by atoms with E-state index in [-0.39, 0.29) is 29.9 Å². The average Bonchev–Trinajstić information content (AvgIpc) is 3.79. The summed E-state index contributed by atoms with van der Waals surface area (Å²) in [6.45, 7) is 7.52. The molecule has 16 heteroatoms. The van der Waals surface area contributed by atoms with Crippen LogP contribution in [0, 0.1) is 13.8 Å². The summed E-state index contributed by atoms with van der Waals surface area (Å²) in [5, 5.41) is 20.1. The third kappa shape index (κ3) is 8.60. The highest BCUT2D eigenvalue weighted by molar-refractivity contribution is 7.93. The summed E-state index contributed by atoms with van der Waals surface area (Å²) in [5.74, 6) is -1.04. The molecule has 0 unspecified atom stereocenters. The van der Waals surface area contributed by atoms with Gasteiger partial charge in [-0.05, 0) is 99.2 Å². The van der Waals surface area contributed by atoms with Crippen LogP contribution in [0.5, 0.6) is 11.5 Å². The number of aromatic hydroxyl groups is 2. The predicted molar refractivity (Wildman–Crippen MR) is 203 cm³/mol. The van der Waals surface area contributed by atoms with E-state index in [1.165, 1.54) is 24.3 Å². The highest BCUT2D eigenvalue weighted by Gasteiger charge is 2.25. The summed E-state index contributed by atoms with van der Waals surface area (Å²) < 4.78 is 55.9. The molecule has 2 aliphatic heterocycles. The molecule has 6 rings (SSSR count). The number of rotatable bonds is 8. The molecule has 0 bridgehead atoms. The highest BCUT2D eigenvalue weighted by Crippen LogP contribution is 2.38.